The van der Waals surface area contributed by atoms with Crippen molar-refractivity contribution in [1.82, 2.24) is 25.2 Å². The molecule has 3 aromatic rings. The Morgan fingerprint density at radius 2 is 1.93 bits per heavy atom. The SMILES string of the molecule is CN(CC(C)(C)NC(=O)OC(C)(C)C)c1ccc(Nc2cc(OC(=O)NC3CC3)n3ncc(C#N)c3n2)cc1C[S+](C)[O-]. The summed E-state index contributed by atoms with van der Waals surface area (Å²) in [6, 6.07) is 9.29. The highest BCUT2D eigenvalue weighted by Gasteiger charge is 2.28. The van der Waals surface area contributed by atoms with Crippen LogP contribution in [0.4, 0.5) is 26.8 Å². The first-order valence-electron chi connectivity index (χ1n) is 13.8. The second kappa shape index (κ2) is 12.6. The number of rotatable bonds is 10. The quantitative estimate of drug-likeness (QED) is 0.283. The van der Waals surface area contributed by atoms with Crippen molar-refractivity contribution in [2.75, 3.05) is 30.1 Å². The molecule has 2 amide bonds. The van der Waals surface area contributed by atoms with E-state index in [4.69, 9.17) is 9.47 Å². The van der Waals surface area contributed by atoms with Crippen LogP contribution in [0.2, 0.25) is 0 Å². The first-order chi connectivity index (χ1) is 20.1. The molecule has 0 bridgehead atoms. The molecule has 1 atom stereocenters. The van der Waals surface area contributed by atoms with Gasteiger partial charge in [-0.2, -0.15) is 14.9 Å². The highest BCUT2D eigenvalue weighted by molar-refractivity contribution is 7.89. The van der Waals surface area contributed by atoms with E-state index in [1.807, 2.05) is 64.8 Å². The van der Waals surface area contributed by atoms with Gasteiger partial charge in [0.2, 0.25) is 5.88 Å². The predicted octanol–water partition coefficient (Wildman–Crippen LogP) is 4.21. The second-order valence-corrected chi connectivity index (χ2v) is 13.7. The Labute approximate surface area is 254 Å². The number of alkyl carbamates (subject to hydrolysis) is 1. The lowest BCUT2D eigenvalue weighted by Gasteiger charge is -2.34. The van der Waals surface area contributed by atoms with Crippen LogP contribution in [0, 0.1) is 11.3 Å². The van der Waals surface area contributed by atoms with Gasteiger partial charge < -0.3 is 34.9 Å². The van der Waals surface area contributed by atoms with Crippen molar-refractivity contribution in [3.05, 3.63) is 41.6 Å². The van der Waals surface area contributed by atoms with E-state index in [-0.39, 0.29) is 23.1 Å². The van der Waals surface area contributed by atoms with E-state index in [0.29, 0.717) is 23.8 Å². The fourth-order valence-corrected chi connectivity index (χ4v) is 5.15. The molecule has 0 radical (unpaired) electrons. The highest BCUT2D eigenvalue weighted by atomic mass is 32.2. The number of hydrogen-bond donors (Lipinski definition) is 3. The molecule has 1 unspecified atom stereocenters. The van der Waals surface area contributed by atoms with Gasteiger partial charge in [0.05, 0.1) is 18.0 Å². The maximum Gasteiger partial charge on any atom is 0.414 e. The van der Waals surface area contributed by atoms with Crippen LogP contribution in [0.1, 0.15) is 58.6 Å². The second-order valence-electron chi connectivity index (χ2n) is 12.2. The molecule has 0 aliphatic heterocycles. The number of hydrogen-bond acceptors (Lipinski definition) is 10. The molecule has 13 nitrogen and oxygen atoms in total. The molecule has 4 rings (SSSR count). The summed E-state index contributed by atoms with van der Waals surface area (Å²) in [5.74, 6) is 0.711. The topological polar surface area (TPSA) is 169 Å². The van der Waals surface area contributed by atoms with Crippen LogP contribution in [0.3, 0.4) is 0 Å². The number of likely N-dealkylation sites (N-methyl/N-ethyl adjacent to an activating group) is 1. The number of benzene rings is 1. The summed E-state index contributed by atoms with van der Waals surface area (Å²) in [6.45, 7) is 9.68. The maximum atomic E-state index is 12.4. The van der Waals surface area contributed by atoms with E-state index in [2.05, 4.69) is 32.1 Å². The van der Waals surface area contributed by atoms with Crippen LogP contribution in [0.15, 0.2) is 30.5 Å². The van der Waals surface area contributed by atoms with Gasteiger partial charge in [-0.1, -0.05) is 11.2 Å². The van der Waals surface area contributed by atoms with Crippen LogP contribution in [-0.4, -0.2) is 68.4 Å². The minimum atomic E-state index is -1.14. The number of carbonyl (C=O) groups excluding carboxylic acids is 2. The first kappa shape index (κ1) is 31.7. The molecule has 1 fully saturated rings. The third-order valence-corrected chi connectivity index (χ3v) is 6.97. The summed E-state index contributed by atoms with van der Waals surface area (Å²) in [5.41, 5.74) is 1.49. The van der Waals surface area contributed by atoms with Crippen molar-refractivity contribution in [3.8, 4) is 11.9 Å². The first-order valence-corrected chi connectivity index (χ1v) is 15.5. The van der Waals surface area contributed by atoms with Gasteiger partial charge in [0.15, 0.2) is 5.65 Å². The standard InChI is InChI=1S/C29H38N8O5S/c1-28(2,3)42-27(39)35-29(4,5)17-36(6)22-11-10-21(12-18(22)16-43(7)40)32-23-13-24(41-26(38)33-20-8-9-20)37-25(34-23)19(14-30)15-31-37/h10-13,15,20H,8-9,16-17H2,1-7H3,(H,32,34)(H,33,38)(H,35,39). The summed E-state index contributed by atoms with van der Waals surface area (Å²) in [7, 11) is 1.90. The minimum Gasteiger partial charge on any atom is -0.616 e. The molecule has 1 saturated carbocycles. The summed E-state index contributed by atoms with van der Waals surface area (Å²) in [4.78, 5) is 31.3. The van der Waals surface area contributed by atoms with E-state index in [9.17, 15) is 19.4 Å². The Balaban J connectivity index is 1.58. The third-order valence-electron chi connectivity index (χ3n) is 6.25. The highest BCUT2D eigenvalue weighted by Crippen LogP contribution is 2.30. The van der Waals surface area contributed by atoms with E-state index >= 15 is 0 Å². The van der Waals surface area contributed by atoms with E-state index in [1.165, 1.54) is 16.8 Å². The Morgan fingerprint density at radius 1 is 1.21 bits per heavy atom. The van der Waals surface area contributed by atoms with Gasteiger partial charge in [-0.15, -0.1) is 0 Å². The minimum absolute atomic E-state index is 0.0955. The molecule has 230 valence electrons. The van der Waals surface area contributed by atoms with Crippen molar-refractivity contribution < 1.29 is 23.6 Å². The molecule has 0 spiro atoms. The van der Waals surface area contributed by atoms with Gasteiger partial charge in [-0.3, -0.25) is 0 Å². The summed E-state index contributed by atoms with van der Waals surface area (Å²) >= 11 is -1.14. The largest absolute Gasteiger partial charge is 0.616 e. The van der Waals surface area contributed by atoms with Crippen LogP contribution in [0.5, 0.6) is 5.88 Å². The number of fused-ring (bicyclic) bond motifs is 1. The Bertz CT molecular complexity index is 1540. The smallest absolute Gasteiger partial charge is 0.414 e. The van der Waals surface area contributed by atoms with E-state index < -0.39 is 34.5 Å². The molecule has 1 aliphatic carbocycles. The molecular weight excluding hydrogens is 572 g/mol. The number of anilines is 3. The fraction of sp³-hybridized carbons (Fsp3) is 0.483. The molecule has 43 heavy (non-hydrogen) atoms. The Hall–Kier alpha value is -4.22. The molecule has 1 aliphatic rings. The molecule has 2 aromatic heterocycles. The Kier molecular flexibility index (Phi) is 9.26. The fourth-order valence-electron chi connectivity index (χ4n) is 4.49. The summed E-state index contributed by atoms with van der Waals surface area (Å²) in [5, 5.41) is 22.6. The summed E-state index contributed by atoms with van der Waals surface area (Å²) in [6.07, 6.45) is 3.68. The van der Waals surface area contributed by atoms with Gasteiger partial charge in [-0.05, 0) is 65.7 Å². The summed E-state index contributed by atoms with van der Waals surface area (Å²) < 4.78 is 24.6. The maximum absolute atomic E-state index is 12.4. The van der Waals surface area contributed by atoms with Crippen LogP contribution >= 0.6 is 0 Å². The number of aromatic nitrogens is 3. The van der Waals surface area contributed by atoms with E-state index in [1.54, 1.807) is 6.26 Å². The third kappa shape index (κ3) is 8.89. The average Bonchev–Trinajstić information content (AvgIpc) is 3.57. The molecule has 14 heteroatoms. The molecular formula is C29H38N8O5S. The van der Waals surface area contributed by atoms with Crippen molar-refractivity contribution in [2.45, 2.75) is 70.4 Å². The van der Waals surface area contributed by atoms with Gasteiger partial charge in [-0.25, -0.2) is 14.6 Å². The lowest BCUT2D eigenvalue weighted by atomic mass is 10.0. The lowest BCUT2D eigenvalue weighted by Crippen LogP contribution is -2.52. The zero-order valence-electron chi connectivity index (χ0n) is 25.5. The van der Waals surface area contributed by atoms with Gasteiger partial charge >= 0.3 is 12.2 Å². The van der Waals surface area contributed by atoms with Gasteiger partial charge in [0, 0.05) is 42.6 Å². The van der Waals surface area contributed by atoms with Crippen molar-refractivity contribution in [3.63, 3.8) is 0 Å². The van der Waals surface area contributed by atoms with Gasteiger partial charge in [0.25, 0.3) is 0 Å². The number of nitriles is 1. The number of carbonyl (C=O) groups is 2. The average molecular weight is 611 g/mol. The van der Waals surface area contributed by atoms with Crippen LogP contribution in [-0.2, 0) is 21.7 Å². The number of amides is 2. The molecule has 1 aromatic carbocycles. The molecule has 0 saturated heterocycles. The zero-order valence-corrected chi connectivity index (χ0v) is 26.3. The van der Waals surface area contributed by atoms with E-state index in [0.717, 1.165) is 24.1 Å². The normalized spacial score (nSPS) is 14.0. The number of nitrogens with zero attached hydrogens (tertiary/aromatic N) is 5. The van der Waals surface area contributed by atoms with Crippen molar-refractivity contribution in [1.29, 1.82) is 5.26 Å². The number of nitrogens with one attached hydrogen (secondary N) is 3. The lowest BCUT2D eigenvalue weighted by molar-refractivity contribution is 0.0475. The zero-order chi connectivity index (χ0) is 31.5. The Morgan fingerprint density at radius 3 is 2.56 bits per heavy atom. The monoisotopic (exact) mass is 610 g/mol. The van der Waals surface area contributed by atoms with Crippen molar-refractivity contribution in [2.24, 2.45) is 0 Å². The van der Waals surface area contributed by atoms with Crippen molar-refractivity contribution >= 4 is 46.2 Å². The van der Waals surface area contributed by atoms with Gasteiger partial charge in [0.1, 0.15) is 28.8 Å². The molecule has 2 heterocycles. The predicted molar refractivity (Wildman–Crippen MR) is 164 cm³/mol. The molecule has 3 N–H and O–H groups in total. The van der Waals surface area contributed by atoms with Crippen LogP contribution in [0.25, 0.3) is 5.65 Å². The number of ether oxygens (including phenoxy) is 2. The van der Waals surface area contributed by atoms with Crippen LogP contribution < -0.4 is 25.6 Å².